The third-order valence-corrected chi connectivity index (χ3v) is 5.53. The summed E-state index contributed by atoms with van der Waals surface area (Å²) in [6.07, 6.45) is 6.54. The number of piperazine rings is 1. The predicted molar refractivity (Wildman–Crippen MR) is 97.2 cm³/mol. The second-order valence-corrected chi connectivity index (χ2v) is 7.64. The maximum absolute atomic E-state index is 5.51. The van der Waals surface area contributed by atoms with Gasteiger partial charge in [-0.15, -0.1) is 0 Å². The summed E-state index contributed by atoms with van der Waals surface area (Å²) in [6, 6.07) is 2.83. The summed E-state index contributed by atoms with van der Waals surface area (Å²) in [7, 11) is 0. The van der Waals surface area contributed by atoms with Crippen LogP contribution < -0.4 is 10.2 Å². The molecule has 3 fully saturated rings. The molecule has 1 saturated heterocycles. The quantitative estimate of drug-likeness (QED) is 0.844. The third kappa shape index (κ3) is 3.38. The van der Waals surface area contributed by atoms with Crippen molar-refractivity contribution >= 4 is 11.6 Å². The van der Waals surface area contributed by atoms with Gasteiger partial charge in [0.25, 0.3) is 0 Å². The topological polar surface area (TPSA) is 83.2 Å². The monoisotopic (exact) mass is 355 g/mol. The fraction of sp³-hybridized carbons (Fsp3) is 0.667. The number of rotatable bonds is 6. The molecule has 0 bridgehead atoms. The molecule has 2 aliphatic carbocycles. The Morgan fingerprint density at radius 2 is 1.92 bits per heavy atom. The van der Waals surface area contributed by atoms with Crippen LogP contribution in [0.25, 0.3) is 0 Å². The van der Waals surface area contributed by atoms with Crippen molar-refractivity contribution in [2.24, 2.45) is 0 Å². The molecule has 2 aromatic heterocycles. The molecule has 0 spiro atoms. The van der Waals surface area contributed by atoms with Crippen molar-refractivity contribution in [2.75, 3.05) is 36.4 Å². The van der Waals surface area contributed by atoms with Crippen LogP contribution in [-0.2, 0) is 0 Å². The summed E-state index contributed by atoms with van der Waals surface area (Å²) in [5, 5.41) is 7.59. The van der Waals surface area contributed by atoms with Crippen LogP contribution in [0, 0.1) is 0 Å². The summed E-state index contributed by atoms with van der Waals surface area (Å²) < 4.78 is 5.51. The van der Waals surface area contributed by atoms with Gasteiger partial charge in [-0.05, 0) is 32.6 Å². The first-order valence-corrected chi connectivity index (χ1v) is 9.67. The van der Waals surface area contributed by atoms with Crippen LogP contribution >= 0.6 is 0 Å². The Morgan fingerprint density at radius 3 is 2.65 bits per heavy atom. The molecule has 0 radical (unpaired) electrons. The molecule has 0 amide bonds. The number of hydrogen-bond acceptors (Lipinski definition) is 8. The van der Waals surface area contributed by atoms with E-state index in [4.69, 9.17) is 4.52 Å². The lowest BCUT2D eigenvalue weighted by molar-refractivity contribution is 0.164. The van der Waals surface area contributed by atoms with Gasteiger partial charge in [0.05, 0.1) is 6.04 Å². The molecular formula is C18H25N7O. The van der Waals surface area contributed by atoms with Gasteiger partial charge in [-0.2, -0.15) is 4.98 Å². The molecule has 3 aliphatic rings. The molecule has 1 atom stereocenters. The fourth-order valence-electron chi connectivity index (χ4n) is 3.45. The Kier molecular flexibility index (Phi) is 4.00. The van der Waals surface area contributed by atoms with Crippen molar-refractivity contribution in [3.8, 4) is 0 Å². The Balaban J connectivity index is 1.20. The minimum Gasteiger partial charge on any atom is -0.367 e. The summed E-state index contributed by atoms with van der Waals surface area (Å²) in [5.74, 6) is 4.12. The van der Waals surface area contributed by atoms with E-state index in [1.165, 1.54) is 25.7 Å². The number of hydrogen-bond donors (Lipinski definition) is 1. The lowest BCUT2D eigenvalue weighted by Gasteiger charge is -2.37. The second-order valence-electron chi connectivity index (χ2n) is 7.64. The van der Waals surface area contributed by atoms with Crippen LogP contribution in [0.3, 0.4) is 0 Å². The van der Waals surface area contributed by atoms with E-state index in [1.54, 1.807) is 6.33 Å². The van der Waals surface area contributed by atoms with Crippen LogP contribution in [0.4, 0.5) is 11.6 Å². The normalized spacial score (nSPS) is 22.4. The number of nitrogens with one attached hydrogen (secondary N) is 1. The molecule has 138 valence electrons. The predicted octanol–water partition coefficient (Wildman–Crippen LogP) is 2.19. The smallest absolute Gasteiger partial charge is 0.243 e. The first kappa shape index (κ1) is 16.0. The maximum atomic E-state index is 5.51. The van der Waals surface area contributed by atoms with Crippen molar-refractivity contribution in [3.63, 3.8) is 0 Å². The van der Waals surface area contributed by atoms with Gasteiger partial charge in [0, 0.05) is 44.2 Å². The highest BCUT2D eigenvalue weighted by atomic mass is 16.5. The van der Waals surface area contributed by atoms with Crippen LogP contribution in [0.5, 0.6) is 0 Å². The van der Waals surface area contributed by atoms with E-state index in [2.05, 4.69) is 48.2 Å². The lowest BCUT2D eigenvalue weighted by Crippen LogP contribution is -2.47. The van der Waals surface area contributed by atoms with Crippen LogP contribution in [0.15, 0.2) is 16.9 Å². The summed E-state index contributed by atoms with van der Waals surface area (Å²) >= 11 is 0. The molecule has 0 aromatic carbocycles. The van der Waals surface area contributed by atoms with Crippen molar-refractivity contribution in [1.29, 1.82) is 0 Å². The highest BCUT2D eigenvalue weighted by Gasteiger charge is 2.31. The van der Waals surface area contributed by atoms with E-state index < -0.39 is 0 Å². The molecule has 2 saturated carbocycles. The summed E-state index contributed by atoms with van der Waals surface area (Å²) in [4.78, 5) is 18.1. The first-order valence-electron chi connectivity index (χ1n) is 9.67. The van der Waals surface area contributed by atoms with Crippen molar-refractivity contribution < 1.29 is 4.52 Å². The van der Waals surface area contributed by atoms with Crippen molar-refractivity contribution in [2.45, 2.75) is 50.6 Å². The lowest BCUT2D eigenvalue weighted by atomic mass is 10.2. The third-order valence-electron chi connectivity index (χ3n) is 5.53. The van der Waals surface area contributed by atoms with Gasteiger partial charge in [-0.3, -0.25) is 4.90 Å². The van der Waals surface area contributed by atoms with Crippen LogP contribution in [0.2, 0.25) is 0 Å². The Labute approximate surface area is 153 Å². The van der Waals surface area contributed by atoms with E-state index in [0.717, 1.165) is 49.5 Å². The van der Waals surface area contributed by atoms with Gasteiger partial charge in [-0.25, -0.2) is 9.97 Å². The highest BCUT2D eigenvalue weighted by molar-refractivity contribution is 5.49. The molecular weight excluding hydrogens is 330 g/mol. The Bertz CT molecular complexity index is 762. The fourth-order valence-corrected chi connectivity index (χ4v) is 3.45. The average Bonchev–Trinajstić information content (AvgIpc) is 3.62. The van der Waals surface area contributed by atoms with Gasteiger partial charge in [-0.1, -0.05) is 5.16 Å². The van der Waals surface area contributed by atoms with E-state index in [-0.39, 0.29) is 6.04 Å². The van der Waals surface area contributed by atoms with Gasteiger partial charge < -0.3 is 14.7 Å². The van der Waals surface area contributed by atoms with Crippen LogP contribution in [-0.4, -0.2) is 57.2 Å². The number of anilines is 2. The molecule has 8 heteroatoms. The van der Waals surface area contributed by atoms with Crippen molar-refractivity contribution in [3.05, 3.63) is 24.1 Å². The molecule has 1 unspecified atom stereocenters. The average molecular weight is 355 g/mol. The minimum absolute atomic E-state index is 0.162. The van der Waals surface area contributed by atoms with Gasteiger partial charge in [0.2, 0.25) is 5.89 Å². The zero-order valence-corrected chi connectivity index (χ0v) is 15.1. The Hall–Kier alpha value is -2.22. The zero-order chi connectivity index (χ0) is 17.5. The molecule has 1 N–H and O–H groups in total. The minimum atomic E-state index is 0.162. The Morgan fingerprint density at radius 1 is 1.12 bits per heavy atom. The van der Waals surface area contributed by atoms with E-state index >= 15 is 0 Å². The van der Waals surface area contributed by atoms with Crippen molar-refractivity contribution in [1.82, 2.24) is 25.0 Å². The van der Waals surface area contributed by atoms with Gasteiger partial charge in [0.15, 0.2) is 5.82 Å². The number of aromatic nitrogens is 4. The maximum Gasteiger partial charge on any atom is 0.243 e. The first-order chi connectivity index (χ1) is 12.8. The number of nitrogens with zero attached hydrogens (tertiary/aromatic N) is 6. The summed E-state index contributed by atoms with van der Waals surface area (Å²) in [6.45, 7) is 5.94. The molecule has 1 aliphatic heterocycles. The van der Waals surface area contributed by atoms with Gasteiger partial charge >= 0.3 is 0 Å². The summed E-state index contributed by atoms with van der Waals surface area (Å²) in [5.41, 5.74) is 0. The van der Waals surface area contributed by atoms with E-state index in [9.17, 15) is 0 Å². The van der Waals surface area contributed by atoms with E-state index in [0.29, 0.717) is 12.0 Å². The molecule has 3 heterocycles. The highest BCUT2D eigenvalue weighted by Crippen LogP contribution is 2.38. The molecule has 26 heavy (non-hydrogen) atoms. The van der Waals surface area contributed by atoms with E-state index in [1.807, 2.05) is 0 Å². The SMILES string of the molecule is CC(c1nc(C2CC2)no1)N1CCN(c2cc(NC3CC3)ncn2)CC1. The van der Waals surface area contributed by atoms with Crippen LogP contribution in [0.1, 0.15) is 56.3 Å². The standard InChI is InChI=1S/C18H25N7O/c1-12(18-22-17(23-26-18)13-2-3-13)24-6-8-25(9-7-24)16-10-15(19-11-20-16)21-14-4-5-14/h10-14H,2-9H2,1H3,(H,19,20,21). The molecule has 2 aromatic rings. The molecule has 5 rings (SSSR count). The van der Waals surface area contributed by atoms with Gasteiger partial charge in [0.1, 0.15) is 18.0 Å². The zero-order valence-electron chi connectivity index (χ0n) is 15.1. The largest absolute Gasteiger partial charge is 0.367 e. The molecule has 8 nitrogen and oxygen atoms in total. The second kappa shape index (κ2) is 6.50.